The fourth-order valence-corrected chi connectivity index (χ4v) is 5.90. The van der Waals surface area contributed by atoms with Crippen molar-refractivity contribution in [2.45, 2.75) is 40.2 Å². The zero-order chi connectivity index (χ0) is 32.6. The van der Waals surface area contributed by atoms with Crippen LogP contribution in [0.1, 0.15) is 49.1 Å². The van der Waals surface area contributed by atoms with Gasteiger partial charge >= 0.3 is 0 Å². The molecule has 6 rings (SSSR count). The number of nitrogens with zero attached hydrogens (tertiary/aromatic N) is 5. The van der Waals surface area contributed by atoms with Crippen molar-refractivity contribution in [3.05, 3.63) is 102 Å². The Kier molecular flexibility index (Phi) is 10.8. The Labute approximate surface area is 271 Å². The molecule has 0 radical (unpaired) electrons. The number of pyridine rings is 2. The van der Waals surface area contributed by atoms with Crippen LogP contribution in [-0.2, 0) is 6.54 Å². The summed E-state index contributed by atoms with van der Waals surface area (Å²) in [6.07, 6.45) is 11.9. The van der Waals surface area contributed by atoms with Gasteiger partial charge in [-0.15, -0.1) is 0 Å². The normalized spacial score (nSPS) is 13.7. The first-order valence-electron chi connectivity index (χ1n) is 16.1. The van der Waals surface area contributed by atoms with Crippen LogP contribution in [0.15, 0.2) is 73.7 Å². The number of aromatic amines is 2. The average Bonchev–Trinajstić information content (AvgIpc) is 3.80. The summed E-state index contributed by atoms with van der Waals surface area (Å²) in [6, 6.07) is 11.5. The predicted molar refractivity (Wildman–Crippen MR) is 188 cm³/mol. The van der Waals surface area contributed by atoms with E-state index in [0.717, 1.165) is 82.2 Å². The van der Waals surface area contributed by atoms with E-state index in [2.05, 4.69) is 65.0 Å². The van der Waals surface area contributed by atoms with E-state index in [1.165, 1.54) is 24.5 Å². The van der Waals surface area contributed by atoms with Crippen LogP contribution in [-0.4, -0.2) is 75.2 Å². The van der Waals surface area contributed by atoms with Crippen LogP contribution in [0.4, 0.5) is 10.1 Å². The topological polar surface area (TPSA) is 88.8 Å². The number of anilines is 1. The first kappa shape index (κ1) is 32.8. The van der Waals surface area contributed by atoms with Gasteiger partial charge in [-0.2, -0.15) is 5.10 Å². The van der Waals surface area contributed by atoms with Crippen molar-refractivity contribution in [1.82, 2.24) is 34.9 Å². The van der Waals surface area contributed by atoms with Crippen LogP contribution >= 0.6 is 0 Å². The molecule has 1 saturated heterocycles. The summed E-state index contributed by atoms with van der Waals surface area (Å²) in [6.45, 7) is 14.7. The van der Waals surface area contributed by atoms with E-state index in [4.69, 9.17) is 0 Å². The Morgan fingerprint density at radius 1 is 1.04 bits per heavy atom. The van der Waals surface area contributed by atoms with Crippen molar-refractivity contribution in [3.63, 3.8) is 0 Å². The summed E-state index contributed by atoms with van der Waals surface area (Å²) in [7, 11) is 4.03. The highest BCUT2D eigenvalue weighted by Crippen LogP contribution is 2.35. The van der Waals surface area contributed by atoms with E-state index in [9.17, 15) is 4.39 Å². The third-order valence-corrected chi connectivity index (χ3v) is 8.10. The monoisotopic (exact) mass is 620 g/mol. The number of likely N-dealkylation sites (N-methyl/N-ethyl adjacent to an activating group) is 1. The van der Waals surface area contributed by atoms with Crippen LogP contribution < -0.4 is 5.32 Å². The van der Waals surface area contributed by atoms with Gasteiger partial charge in [-0.25, -0.2) is 9.37 Å². The molecule has 0 amide bonds. The number of nitrogens with one attached hydrogen (secondary N) is 3. The highest BCUT2D eigenvalue weighted by molar-refractivity contribution is 5.94. The molecule has 3 N–H and O–H groups in total. The number of allylic oxidation sites excluding steroid dienone is 2. The number of rotatable bonds is 11. The number of H-pyrrole nitrogens is 2. The molecule has 1 aliphatic heterocycles. The maximum Gasteiger partial charge on any atom is 0.181 e. The van der Waals surface area contributed by atoms with Crippen LogP contribution in [0.3, 0.4) is 0 Å². The molecule has 0 aliphatic carbocycles. The number of halogens is 1. The number of benzene rings is 1. The summed E-state index contributed by atoms with van der Waals surface area (Å²) in [4.78, 5) is 17.3. The standard InChI is InChI=1S/C35H39FN8.C2H6/c1-5-8-30(25-14-28(36)17-29(15-25)38-9-12-43(3)4)31-18-33(40-23(31)2)34-32-16-27(21-39-35(32)42-41-34)26-13-24(19-37-20-26)22-44-10-6-7-11-44;1-2/h5,8,13-21,38,40H,1,6-7,9-12,22H2,2-4H3,(H,39,41,42);1-2H3/b30-8-;. The van der Waals surface area contributed by atoms with Gasteiger partial charge in [0.05, 0.1) is 11.4 Å². The van der Waals surface area contributed by atoms with Crippen molar-refractivity contribution in [1.29, 1.82) is 0 Å². The van der Waals surface area contributed by atoms with E-state index in [-0.39, 0.29) is 5.82 Å². The smallest absolute Gasteiger partial charge is 0.181 e. The second kappa shape index (κ2) is 15.1. The molecule has 4 aromatic heterocycles. The first-order valence-corrected chi connectivity index (χ1v) is 16.1. The lowest BCUT2D eigenvalue weighted by Gasteiger charge is -2.14. The van der Waals surface area contributed by atoms with Crippen molar-refractivity contribution in [2.75, 3.05) is 45.6 Å². The minimum Gasteiger partial charge on any atom is -0.384 e. The zero-order valence-electron chi connectivity index (χ0n) is 27.6. The maximum absolute atomic E-state index is 14.8. The highest BCUT2D eigenvalue weighted by Gasteiger charge is 2.18. The number of hydrogen-bond donors (Lipinski definition) is 3. The molecule has 1 aromatic carbocycles. The predicted octanol–water partition coefficient (Wildman–Crippen LogP) is 7.68. The molecule has 1 aliphatic rings. The molecule has 1 fully saturated rings. The van der Waals surface area contributed by atoms with E-state index in [1.54, 1.807) is 12.1 Å². The Morgan fingerprint density at radius 2 is 1.83 bits per heavy atom. The summed E-state index contributed by atoms with van der Waals surface area (Å²) < 4.78 is 14.8. The molecule has 0 unspecified atom stereocenters. The summed E-state index contributed by atoms with van der Waals surface area (Å²) in [5.41, 5.74) is 9.86. The number of aryl methyl sites for hydroxylation is 1. The van der Waals surface area contributed by atoms with Gasteiger partial charge in [0.2, 0.25) is 0 Å². The number of fused-ring (bicyclic) bond motifs is 1. The molecule has 0 bridgehead atoms. The molecular weight excluding hydrogens is 575 g/mol. The third kappa shape index (κ3) is 7.61. The maximum atomic E-state index is 14.8. The van der Waals surface area contributed by atoms with Crippen molar-refractivity contribution in [2.24, 2.45) is 0 Å². The van der Waals surface area contributed by atoms with Crippen LogP contribution in [0.25, 0.3) is 39.1 Å². The third-order valence-electron chi connectivity index (χ3n) is 8.10. The molecule has 5 heterocycles. The minimum atomic E-state index is -0.296. The second-order valence-electron chi connectivity index (χ2n) is 11.8. The molecule has 0 saturated carbocycles. The average molecular weight is 621 g/mol. The Balaban J connectivity index is 0.00000204. The second-order valence-corrected chi connectivity index (χ2v) is 11.8. The van der Waals surface area contributed by atoms with Crippen LogP contribution in [0.2, 0.25) is 0 Å². The number of aromatic nitrogens is 5. The number of hydrogen-bond acceptors (Lipinski definition) is 6. The van der Waals surface area contributed by atoms with Crippen molar-refractivity contribution in [3.8, 4) is 22.5 Å². The van der Waals surface area contributed by atoms with Gasteiger partial charge in [-0.3, -0.25) is 15.0 Å². The number of likely N-dealkylation sites (tertiary alicyclic amines) is 1. The summed E-state index contributed by atoms with van der Waals surface area (Å²) >= 11 is 0. The SMILES string of the molecule is C=C/C=C(/c1cc(F)cc(NCCN(C)C)c1)c1cc(-c2[nH]nc3ncc(-c4cncc(CN5CCCC5)c4)cc23)[nH]c1C.CC. The van der Waals surface area contributed by atoms with Gasteiger partial charge in [-0.1, -0.05) is 32.6 Å². The van der Waals surface area contributed by atoms with Gasteiger partial charge in [0.1, 0.15) is 5.82 Å². The molecule has 5 aromatic rings. The Hall–Kier alpha value is -4.60. The molecule has 9 heteroatoms. The van der Waals surface area contributed by atoms with E-state index in [1.807, 2.05) is 65.6 Å². The Bertz CT molecular complexity index is 1810. The summed E-state index contributed by atoms with van der Waals surface area (Å²) in [5, 5.41) is 11.9. The van der Waals surface area contributed by atoms with Gasteiger partial charge in [0.25, 0.3) is 0 Å². The first-order chi connectivity index (χ1) is 22.4. The van der Waals surface area contributed by atoms with Crippen molar-refractivity contribution < 1.29 is 4.39 Å². The minimum absolute atomic E-state index is 0.296. The highest BCUT2D eigenvalue weighted by atomic mass is 19.1. The van der Waals surface area contributed by atoms with E-state index >= 15 is 0 Å². The van der Waals surface area contributed by atoms with Crippen molar-refractivity contribution >= 4 is 22.3 Å². The molecule has 8 nitrogen and oxygen atoms in total. The van der Waals surface area contributed by atoms with Gasteiger partial charge in [0, 0.05) is 71.7 Å². The molecule has 0 atom stereocenters. The zero-order valence-corrected chi connectivity index (χ0v) is 27.6. The summed E-state index contributed by atoms with van der Waals surface area (Å²) in [5.74, 6) is -0.296. The van der Waals surface area contributed by atoms with Gasteiger partial charge < -0.3 is 15.2 Å². The van der Waals surface area contributed by atoms with E-state index in [0.29, 0.717) is 12.2 Å². The lowest BCUT2D eigenvalue weighted by molar-refractivity contribution is 0.331. The largest absolute Gasteiger partial charge is 0.384 e. The molecule has 240 valence electrons. The van der Waals surface area contributed by atoms with Gasteiger partial charge in [-0.05, 0) is 100 Å². The lowest BCUT2D eigenvalue weighted by atomic mass is 9.96. The molecule has 0 spiro atoms. The fourth-order valence-electron chi connectivity index (χ4n) is 5.90. The quantitative estimate of drug-likeness (QED) is 0.131. The lowest BCUT2D eigenvalue weighted by Crippen LogP contribution is -2.20. The fraction of sp³-hybridized carbons (Fsp3) is 0.324. The van der Waals surface area contributed by atoms with Crippen LogP contribution in [0.5, 0.6) is 0 Å². The molecule has 46 heavy (non-hydrogen) atoms. The Morgan fingerprint density at radius 3 is 2.59 bits per heavy atom. The van der Waals surface area contributed by atoms with E-state index < -0.39 is 0 Å². The van der Waals surface area contributed by atoms with Crippen LogP contribution in [0, 0.1) is 12.7 Å². The molecular formula is C37H45FN8. The van der Waals surface area contributed by atoms with Gasteiger partial charge in [0.15, 0.2) is 5.65 Å².